The number of rotatable bonds is 5. The summed E-state index contributed by atoms with van der Waals surface area (Å²) < 4.78 is 0. The molecule has 1 amide bonds. The van der Waals surface area contributed by atoms with Gasteiger partial charge in [-0.3, -0.25) is 9.69 Å². The number of oxime groups is 1. The average molecular weight is 310 g/mol. The first-order chi connectivity index (χ1) is 10.2. The van der Waals surface area contributed by atoms with Gasteiger partial charge in [0.2, 0.25) is 5.91 Å². The van der Waals surface area contributed by atoms with Crippen LogP contribution in [-0.4, -0.2) is 59.0 Å². The summed E-state index contributed by atoms with van der Waals surface area (Å²) in [6.07, 6.45) is 1.27. The van der Waals surface area contributed by atoms with Crippen molar-refractivity contribution in [2.24, 2.45) is 10.9 Å². The Morgan fingerprint density at radius 1 is 1.48 bits per heavy atom. The van der Waals surface area contributed by atoms with Crippen molar-refractivity contribution in [3.8, 4) is 0 Å². The molecule has 0 spiro atoms. The summed E-state index contributed by atoms with van der Waals surface area (Å²) in [7, 11) is 0. The number of amidine groups is 1. The average Bonchev–Trinajstić information content (AvgIpc) is 3.01. The second-order valence-electron chi connectivity index (χ2n) is 5.12. The molecule has 0 aromatic carbocycles. The maximum atomic E-state index is 12.2. The van der Waals surface area contributed by atoms with Crippen LogP contribution >= 0.6 is 11.3 Å². The molecule has 1 aliphatic rings. The number of nitrogens with zero attached hydrogens (tertiary/aromatic N) is 3. The maximum Gasteiger partial charge on any atom is 0.227 e. The van der Waals surface area contributed by atoms with Gasteiger partial charge in [0, 0.05) is 31.1 Å². The van der Waals surface area contributed by atoms with Crippen LogP contribution in [0.3, 0.4) is 0 Å². The molecule has 1 aromatic rings. The van der Waals surface area contributed by atoms with Gasteiger partial charge in [0.15, 0.2) is 5.84 Å². The zero-order chi connectivity index (χ0) is 15.2. The van der Waals surface area contributed by atoms with Gasteiger partial charge in [-0.1, -0.05) is 18.1 Å². The summed E-state index contributed by atoms with van der Waals surface area (Å²) >= 11 is 1.61. The van der Waals surface area contributed by atoms with E-state index in [0.717, 1.165) is 24.4 Å². The Morgan fingerprint density at radius 3 is 2.71 bits per heavy atom. The summed E-state index contributed by atoms with van der Waals surface area (Å²) in [4.78, 5) is 17.4. The Morgan fingerprint density at radius 2 is 2.19 bits per heavy atom. The lowest BCUT2D eigenvalue weighted by Crippen LogP contribution is -2.55. The van der Waals surface area contributed by atoms with E-state index >= 15 is 0 Å². The van der Waals surface area contributed by atoms with Crippen LogP contribution in [0.2, 0.25) is 0 Å². The third-order valence-corrected chi connectivity index (χ3v) is 4.73. The van der Waals surface area contributed by atoms with E-state index in [9.17, 15) is 4.79 Å². The van der Waals surface area contributed by atoms with Gasteiger partial charge in [0.1, 0.15) is 0 Å². The maximum absolute atomic E-state index is 12.2. The van der Waals surface area contributed by atoms with Gasteiger partial charge < -0.3 is 15.8 Å². The van der Waals surface area contributed by atoms with Crippen LogP contribution in [0.15, 0.2) is 22.7 Å². The summed E-state index contributed by atoms with van der Waals surface area (Å²) in [6, 6.07) is 3.91. The second kappa shape index (κ2) is 7.42. The van der Waals surface area contributed by atoms with Crippen LogP contribution in [-0.2, 0) is 11.2 Å². The molecule has 0 radical (unpaired) electrons. The third-order valence-electron chi connectivity index (χ3n) is 3.86. The van der Waals surface area contributed by atoms with Crippen LogP contribution in [0.25, 0.3) is 0 Å². The van der Waals surface area contributed by atoms with Gasteiger partial charge in [-0.25, -0.2) is 0 Å². The Hall–Kier alpha value is -1.60. The van der Waals surface area contributed by atoms with E-state index in [1.165, 1.54) is 0 Å². The topological polar surface area (TPSA) is 82.2 Å². The molecule has 1 atom stereocenters. The summed E-state index contributed by atoms with van der Waals surface area (Å²) in [5.41, 5.74) is 5.72. The molecule has 1 fully saturated rings. The number of nitrogens with two attached hydrogens (primary N) is 1. The fraction of sp³-hybridized carbons (Fsp3) is 0.571. The van der Waals surface area contributed by atoms with Gasteiger partial charge in [0.25, 0.3) is 0 Å². The van der Waals surface area contributed by atoms with E-state index in [2.05, 4.69) is 10.1 Å². The van der Waals surface area contributed by atoms with Gasteiger partial charge in [-0.2, -0.15) is 0 Å². The summed E-state index contributed by atoms with van der Waals surface area (Å²) in [6.45, 7) is 4.91. The minimum absolute atomic E-state index is 0.0513. The predicted octanol–water partition coefficient (Wildman–Crippen LogP) is 0.960. The first kappa shape index (κ1) is 15.8. The first-order valence-corrected chi connectivity index (χ1v) is 8.05. The van der Waals surface area contributed by atoms with Crippen molar-refractivity contribution in [1.82, 2.24) is 9.80 Å². The van der Waals surface area contributed by atoms with Crippen LogP contribution in [0.4, 0.5) is 0 Å². The lowest BCUT2D eigenvalue weighted by molar-refractivity contribution is -0.132. The van der Waals surface area contributed by atoms with E-state index in [1.807, 2.05) is 29.3 Å². The largest absolute Gasteiger partial charge is 0.409 e. The van der Waals surface area contributed by atoms with Crippen molar-refractivity contribution < 1.29 is 10.0 Å². The lowest BCUT2D eigenvalue weighted by Gasteiger charge is -2.38. The Balaban J connectivity index is 1.86. The van der Waals surface area contributed by atoms with Gasteiger partial charge >= 0.3 is 0 Å². The number of carbonyl (C=O) groups excluding carboxylic acids is 1. The summed E-state index contributed by atoms with van der Waals surface area (Å²) in [5, 5.41) is 13.9. The monoisotopic (exact) mass is 310 g/mol. The molecule has 1 aliphatic heterocycles. The van der Waals surface area contributed by atoms with Crippen molar-refractivity contribution in [3.63, 3.8) is 0 Å². The molecule has 1 unspecified atom stereocenters. The number of hydrogen-bond acceptors (Lipinski definition) is 5. The minimum Gasteiger partial charge on any atom is -0.409 e. The molecule has 1 aromatic heterocycles. The normalized spacial score (nSPS) is 18.7. The predicted molar refractivity (Wildman–Crippen MR) is 83.7 cm³/mol. The van der Waals surface area contributed by atoms with Gasteiger partial charge in [-0.05, 0) is 17.9 Å². The molecule has 6 nitrogen and oxygen atoms in total. The highest BCUT2D eigenvalue weighted by molar-refractivity contribution is 7.10. The lowest BCUT2D eigenvalue weighted by atomic mass is 10.1. The van der Waals surface area contributed by atoms with Crippen LogP contribution in [0, 0.1) is 0 Å². The van der Waals surface area contributed by atoms with Gasteiger partial charge in [0.05, 0.1) is 12.5 Å². The third kappa shape index (κ3) is 3.95. The van der Waals surface area contributed by atoms with E-state index in [0.29, 0.717) is 19.5 Å². The zero-order valence-electron chi connectivity index (χ0n) is 12.2. The van der Waals surface area contributed by atoms with Crippen LogP contribution < -0.4 is 5.73 Å². The number of carbonyl (C=O) groups is 1. The van der Waals surface area contributed by atoms with Crippen molar-refractivity contribution in [2.75, 3.05) is 26.2 Å². The number of hydrogen-bond donors (Lipinski definition) is 2. The van der Waals surface area contributed by atoms with E-state index in [-0.39, 0.29) is 17.8 Å². The first-order valence-electron chi connectivity index (χ1n) is 7.17. The molecule has 7 heteroatoms. The molecule has 0 aliphatic carbocycles. The number of piperazine rings is 1. The fourth-order valence-corrected chi connectivity index (χ4v) is 3.37. The molecule has 3 N–H and O–H groups in total. The van der Waals surface area contributed by atoms with Crippen molar-refractivity contribution in [2.45, 2.75) is 25.8 Å². The minimum atomic E-state index is -0.0513. The fourth-order valence-electron chi connectivity index (χ4n) is 2.68. The van der Waals surface area contributed by atoms with Crippen molar-refractivity contribution in [3.05, 3.63) is 22.4 Å². The van der Waals surface area contributed by atoms with E-state index in [4.69, 9.17) is 10.9 Å². The van der Waals surface area contributed by atoms with E-state index in [1.54, 1.807) is 11.3 Å². The number of amides is 1. The zero-order valence-corrected chi connectivity index (χ0v) is 13.1. The smallest absolute Gasteiger partial charge is 0.227 e. The molecule has 21 heavy (non-hydrogen) atoms. The van der Waals surface area contributed by atoms with Crippen molar-refractivity contribution in [1.29, 1.82) is 0 Å². The molecule has 0 saturated carbocycles. The SMILES string of the molecule is CCC(C(N)=NO)N1CCN(C(=O)Cc2cccs2)CC1. The van der Waals surface area contributed by atoms with E-state index < -0.39 is 0 Å². The molecule has 2 rings (SSSR count). The molecule has 0 bridgehead atoms. The highest BCUT2D eigenvalue weighted by atomic mass is 32.1. The Kier molecular flexibility index (Phi) is 5.58. The van der Waals surface area contributed by atoms with Crippen molar-refractivity contribution >= 4 is 23.1 Å². The quantitative estimate of drug-likeness (QED) is 0.367. The Labute approximate surface area is 128 Å². The molecule has 116 valence electrons. The summed E-state index contributed by atoms with van der Waals surface area (Å²) in [5.74, 6) is 0.421. The highest BCUT2D eigenvalue weighted by Gasteiger charge is 2.27. The van der Waals surface area contributed by atoms with Gasteiger partial charge in [-0.15, -0.1) is 11.3 Å². The van der Waals surface area contributed by atoms with Crippen LogP contribution in [0.1, 0.15) is 18.2 Å². The van der Waals surface area contributed by atoms with Crippen LogP contribution in [0.5, 0.6) is 0 Å². The highest BCUT2D eigenvalue weighted by Crippen LogP contribution is 2.14. The molecular formula is C14H22N4O2S. The molecular weight excluding hydrogens is 288 g/mol. The standard InChI is InChI=1S/C14H22N4O2S/c1-2-12(14(15)16-20)17-5-7-18(8-6-17)13(19)10-11-4-3-9-21-11/h3-4,9,12,20H,2,5-8,10H2,1H3,(H2,15,16). The second-order valence-corrected chi connectivity index (χ2v) is 6.15. The number of thiophene rings is 1. The Bertz CT molecular complexity index is 481. The molecule has 2 heterocycles. The molecule has 1 saturated heterocycles.